The number of likely N-dealkylation sites (tertiary alicyclic amines) is 1. The minimum atomic E-state index is -0.655. The summed E-state index contributed by atoms with van der Waals surface area (Å²) in [6.45, 7) is 5.05. The zero-order valence-electron chi connectivity index (χ0n) is 11.4. The van der Waals surface area contributed by atoms with Crippen LogP contribution in [0.4, 0.5) is 0 Å². The van der Waals surface area contributed by atoms with E-state index in [4.69, 9.17) is 0 Å². The third-order valence-electron chi connectivity index (χ3n) is 3.56. The van der Waals surface area contributed by atoms with Crippen molar-refractivity contribution in [3.05, 3.63) is 0 Å². The number of carboxylic acids is 1. The molecule has 0 aromatic heterocycles. The van der Waals surface area contributed by atoms with Crippen molar-refractivity contribution in [3.8, 4) is 0 Å². The molecular weight excluding hydrogens is 216 g/mol. The van der Waals surface area contributed by atoms with Gasteiger partial charge in [-0.1, -0.05) is 13.3 Å². The Bertz CT molecular complexity index is 236. The lowest BCUT2D eigenvalue weighted by atomic mass is 9.94. The number of piperidine rings is 1. The van der Waals surface area contributed by atoms with Gasteiger partial charge in [-0.05, 0) is 52.4 Å². The van der Waals surface area contributed by atoms with Crippen LogP contribution in [0.5, 0.6) is 0 Å². The monoisotopic (exact) mass is 242 g/mol. The number of hydrogen-bond donors (Lipinski definition) is 1. The second-order valence-corrected chi connectivity index (χ2v) is 5.38. The molecule has 1 rings (SSSR count). The first kappa shape index (κ1) is 14.5. The van der Waals surface area contributed by atoms with E-state index in [0.29, 0.717) is 0 Å². The van der Waals surface area contributed by atoms with Gasteiger partial charge in [0.25, 0.3) is 0 Å². The molecule has 1 saturated heterocycles. The Balaban J connectivity index is 2.41. The molecule has 0 spiro atoms. The van der Waals surface area contributed by atoms with Gasteiger partial charge in [-0.15, -0.1) is 0 Å². The maximum Gasteiger partial charge on any atom is 0.320 e. The van der Waals surface area contributed by atoms with E-state index >= 15 is 0 Å². The molecule has 1 N–H and O–H groups in total. The normalized spacial score (nSPS) is 20.7. The topological polar surface area (TPSA) is 43.8 Å². The highest BCUT2D eigenvalue weighted by Gasteiger charge is 2.28. The van der Waals surface area contributed by atoms with Crippen LogP contribution in [0.1, 0.15) is 32.6 Å². The summed E-state index contributed by atoms with van der Waals surface area (Å²) in [6.07, 6.45) is 3.97. The van der Waals surface area contributed by atoms with Crippen LogP contribution in [0, 0.1) is 5.92 Å². The van der Waals surface area contributed by atoms with E-state index < -0.39 is 5.97 Å². The molecule has 4 nitrogen and oxygen atoms in total. The average molecular weight is 242 g/mol. The highest BCUT2D eigenvalue weighted by molar-refractivity contribution is 5.73. The van der Waals surface area contributed by atoms with Crippen molar-refractivity contribution in [3.63, 3.8) is 0 Å². The minimum Gasteiger partial charge on any atom is -0.480 e. The minimum absolute atomic E-state index is 0.264. The Kier molecular flexibility index (Phi) is 5.92. The summed E-state index contributed by atoms with van der Waals surface area (Å²) in [6, 6.07) is -0.264. The lowest BCUT2D eigenvalue weighted by molar-refractivity contribution is -0.144. The first-order valence-corrected chi connectivity index (χ1v) is 6.66. The van der Waals surface area contributed by atoms with Gasteiger partial charge in [-0.3, -0.25) is 9.69 Å². The van der Waals surface area contributed by atoms with Gasteiger partial charge in [0.1, 0.15) is 6.04 Å². The first-order valence-electron chi connectivity index (χ1n) is 6.66. The molecule has 1 heterocycles. The van der Waals surface area contributed by atoms with E-state index in [-0.39, 0.29) is 6.04 Å². The lowest BCUT2D eigenvalue weighted by Gasteiger charge is -2.36. The number of aliphatic carboxylic acids is 1. The van der Waals surface area contributed by atoms with Gasteiger partial charge < -0.3 is 10.0 Å². The molecule has 1 fully saturated rings. The van der Waals surface area contributed by atoms with Crippen LogP contribution in [0.3, 0.4) is 0 Å². The molecule has 1 atom stereocenters. The summed E-state index contributed by atoms with van der Waals surface area (Å²) in [7, 11) is 4.20. The van der Waals surface area contributed by atoms with Gasteiger partial charge in [-0.25, -0.2) is 0 Å². The van der Waals surface area contributed by atoms with Gasteiger partial charge in [-0.2, -0.15) is 0 Å². The first-order chi connectivity index (χ1) is 8.04. The van der Waals surface area contributed by atoms with Crippen LogP contribution in [0.2, 0.25) is 0 Å². The van der Waals surface area contributed by atoms with Crippen LogP contribution in [-0.2, 0) is 4.79 Å². The standard InChI is InChI=1S/C13H26N2O2/c1-4-5-12(13(16)17)15-8-6-11(7-9-15)10-14(2)3/h11-12H,4-10H2,1-3H3,(H,16,17). The molecule has 1 unspecified atom stereocenters. The molecular formula is C13H26N2O2. The molecule has 0 aromatic rings. The average Bonchev–Trinajstić information content (AvgIpc) is 2.26. The van der Waals surface area contributed by atoms with E-state index in [2.05, 4.69) is 30.8 Å². The summed E-state index contributed by atoms with van der Waals surface area (Å²) in [5.74, 6) is 0.0789. The molecule has 17 heavy (non-hydrogen) atoms. The summed E-state index contributed by atoms with van der Waals surface area (Å²) in [5.41, 5.74) is 0. The highest BCUT2D eigenvalue weighted by atomic mass is 16.4. The second-order valence-electron chi connectivity index (χ2n) is 5.38. The van der Waals surface area contributed by atoms with Crippen molar-refractivity contribution in [2.45, 2.75) is 38.6 Å². The van der Waals surface area contributed by atoms with Crippen LogP contribution in [-0.4, -0.2) is 60.6 Å². The Morgan fingerprint density at radius 2 is 2.00 bits per heavy atom. The maximum atomic E-state index is 11.2. The Morgan fingerprint density at radius 3 is 2.41 bits per heavy atom. The van der Waals surface area contributed by atoms with Crippen molar-refractivity contribution in [1.29, 1.82) is 0 Å². The SMILES string of the molecule is CCCC(C(=O)O)N1CCC(CN(C)C)CC1. The molecule has 1 aliphatic rings. The van der Waals surface area contributed by atoms with E-state index in [0.717, 1.165) is 51.2 Å². The molecule has 4 heteroatoms. The predicted octanol–water partition coefficient (Wildman–Crippen LogP) is 1.51. The molecule has 0 amide bonds. The molecule has 0 bridgehead atoms. The molecule has 0 aliphatic carbocycles. The Hall–Kier alpha value is -0.610. The molecule has 0 radical (unpaired) electrons. The second kappa shape index (κ2) is 6.97. The fourth-order valence-electron chi connectivity index (χ4n) is 2.70. The van der Waals surface area contributed by atoms with Crippen molar-refractivity contribution >= 4 is 5.97 Å². The maximum absolute atomic E-state index is 11.2. The fraction of sp³-hybridized carbons (Fsp3) is 0.923. The van der Waals surface area contributed by atoms with Crippen molar-refractivity contribution in [1.82, 2.24) is 9.80 Å². The van der Waals surface area contributed by atoms with E-state index in [1.165, 1.54) is 0 Å². The Labute approximate surface area is 105 Å². The van der Waals surface area contributed by atoms with Gasteiger partial charge in [0.2, 0.25) is 0 Å². The Morgan fingerprint density at radius 1 is 1.41 bits per heavy atom. The zero-order valence-corrected chi connectivity index (χ0v) is 11.4. The number of carboxylic acid groups (broad SMARTS) is 1. The van der Waals surface area contributed by atoms with Gasteiger partial charge in [0.15, 0.2) is 0 Å². The molecule has 0 aromatic carbocycles. The van der Waals surface area contributed by atoms with E-state index in [9.17, 15) is 9.90 Å². The van der Waals surface area contributed by atoms with Crippen molar-refractivity contribution in [2.24, 2.45) is 5.92 Å². The summed E-state index contributed by atoms with van der Waals surface area (Å²) in [5, 5.41) is 9.22. The fourth-order valence-corrected chi connectivity index (χ4v) is 2.70. The number of hydrogen-bond acceptors (Lipinski definition) is 3. The van der Waals surface area contributed by atoms with Gasteiger partial charge >= 0.3 is 5.97 Å². The van der Waals surface area contributed by atoms with Gasteiger partial charge in [0, 0.05) is 6.54 Å². The number of carbonyl (C=O) groups is 1. The largest absolute Gasteiger partial charge is 0.480 e. The van der Waals surface area contributed by atoms with Crippen LogP contribution in [0.15, 0.2) is 0 Å². The predicted molar refractivity (Wildman–Crippen MR) is 69.2 cm³/mol. The van der Waals surface area contributed by atoms with E-state index in [1.54, 1.807) is 0 Å². The van der Waals surface area contributed by atoms with Gasteiger partial charge in [0.05, 0.1) is 0 Å². The quantitative estimate of drug-likeness (QED) is 0.767. The highest BCUT2D eigenvalue weighted by Crippen LogP contribution is 2.21. The van der Waals surface area contributed by atoms with Crippen molar-refractivity contribution < 1.29 is 9.90 Å². The lowest BCUT2D eigenvalue weighted by Crippen LogP contribution is -2.46. The van der Waals surface area contributed by atoms with Crippen LogP contribution >= 0.6 is 0 Å². The molecule has 1 aliphatic heterocycles. The van der Waals surface area contributed by atoms with E-state index in [1.807, 2.05) is 0 Å². The van der Waals surface area contributed by atoms with Crippen LogP contribution in [0.25, 0.3) is 0 Å². The molecule has 100 valence electrons. The summed E-state index contributed by atoms with van der Waals surface area (Å²) in [4.78, 5) is 15.6. The zero-order chi connectivity index (χ0) is 12.8. The third-order valence-corrected chi connectivity index (χ3v) is 3.56. The van der Waals surface area contributed by atoms with Crippen molar-refractivity contribution in [2.75, 3.05) is 33.7 Å². The number of rotatable bonds is 6. The smallest absolute Gasteiger partial charge is 0.320 e. The third kappa shape index (κ3) is 4.64. The number of nitrogens with zero attached hydrogens (tertiary/aromatic N) is 2. The summed E-state index contributed by atoms with van der Waals surface area (Å²) < 4.78 is 0. The summed E-state index contributed by atoms with van der Waals surface area (Å²) >= 11 is 0. The molecule has 0 saturated carbocycles. The van der Waals surface area contributed by atoms with Crippen LogP contribution < -0.4 is 0 Å².